The number of β-amino-alcohol motifs (C(OH)–C–C–N with tert-alkyl or cyclic N) is 1. The molecule has 1 aromatic heterocycles. The Bertz CT molecular complexity index is 733. The number of aromatic nitrogens is 3. The molecule has 1 N–H and O–H groups in total. The van der Waals surface area contributed by atoms with E-state index >= 15 is 0 Å². The van der Waals surface area contributed by atoms with Crippen LogP contribution in [0.15, 0.2) is 30.5 Å². The van der Waals surface area contributed by atoms with Crippen LogP contribution in [0.1, 0.15) is 16.9 Å². The summed E-state index contributed by atoms with van der Waals surface area (Å²) in [5.74, 6) is -3.13. The first-order chi connectivity index (χ1) is 11.4. The number of benzene rings is 1. The van der Waals surface area contributed by atoms with E-state index < -0.39 is 30.9 Å². The third-order valence-corrected chi connectivity index (χ3v) is 3.72. The molecule has 1 amide bonds. The van der Waals surface area contributed by atoms with Crippen molar-refractivity contribution < 1.29 is 23.4 Å². The Morgan fingerprint density at radius 3 is 2.71 bits per heavy atom. The zero-order valence-electron chi connectivity index (χ0n) is 12.9. The van der Waals surface area contributed by atoms with Crippen molar-refractivity contribution in [2.24, 2.45) is 0 Å². The molecule has 0 saturated carbocycles. The monoisotopic (exact) mass is 338 g/mol. The molecule has 3 rings (SSSR count). The lowest BCUT2D eigenvalue weighted by Crippen LogP contribution is -2.51. The van der Waals surface area contributed by atoms with Gasteiger partial charge in [0, 0.05) is 13.0 Å². The molecule has 1 unspecified atom stereocenters. The van der Waals surface area contributed by atoms with Gasteiger partial charge in [-0.05, 0) is 24.3 Å². The number of hydrogen-bond donors (Lipinski definition) is 1. The SMILES string of the molecule is COc1ccc(-n2cc(C(=O)N3CC(O)CC(F)(F)C3)nn2)cc1. The molecule has 0 bridgehead atoms. The van der Waals surface area contributed by atoms with Crippen molar-refractivity contribution in [1.29, 1.82) is 0 Å². The number of nitrogens with zero attached hydrogens (tertiary/aromatic N) is 4. The second kappa shape index (κ2) is 6.16. The number of halogens is 2. The summed E-state index contributed by atoms with van der Waals surface area (Å²) in [5.41, 5.74) is 0.585. The topological polar surface area (TPSA) is 80.5 Å². The number of hydrogen-bond acceptors (Lipinski definition) is 5. The van der Waals surface area contributed by atoms with Crippen molar-refractivity contribution in [3.63, 3.8) is 0 Å². The zero-order chi connectivity index (χ0) is 17.3. The van der Waals surface area contributed by atoms with E-state index in [0.29, 0.717) is 11.4 Å². The van der Waals surface area contributed by atoms with Gasteiger partial charge in [0.05, 0.1) is 31.6 Å². The van der Waals surface area contributed by atoms with Crippen LogP contribution in [0.4, 0.5) is 8.78 Å². The summed E-state index contributed by atoms with van der Waals surface area (Å²) in [5, 5.41) is 17.1. The number of ether oxygens (including phenoxy) is 1. The highest BCUT2D eigenvalue weighted by Crippen LogP contribution is 2.27. The largest absolute Gasteiger partial charge is 0.497 e. The highest BCUT2D eigenvalue weighted by molar-refractivity contribution is 5.92. The number of methoxy groups -OCH3 is 1. The van der Waals surface area contributed by atoms with Gasteiger partial charge in [0.25, 0.3) is 11.8 Å². The quantitative estimate of drug-likeness (QED) is 0.907. The molecule has 2 heterocycles. The standard InChI is InChI=1S/C15H16F2N4O3/c1-24-12-4-2-10(3-5-12)21-8-13(18-19-21)14(23)20-7-11(22)6-15(16,17)9-20/h2-5,8,11,22H,6-7,9H2,1H3. The molecule has 1 saturated heterocycles. The molecule has 128 valence electrons. The van der Waals surface area contributed by atoms with Gasteiger partial charge in [-0.1, -0.05) is 5.21 Å². The van der Waals surface area contributed by atoms with Crippen LogP contribution in [-0.2, 0) is 0 Å². The number of alkyl halides is 2. The smallest absolute Gasteiger partial charge is 0.276 e. The van der Waals surface area contributed by atoms with Gasteiger partial charge in [0.15, 0.2) is 5.69 Å². The molecule has 1 fully saturated rings. The summed E-state index contributed by atoms with van der Waals surface area (Å²) in [6.07, 6.45) is -0.534. The lowest BCUT2D eigenvalue weighted by atomic mass is 10.0. The fourth-order valence-corrected chi connectivity index (χ4v) is 2.61. The van der Waals surface area contributed by atoms with E-state index in [1.807, 2.05) is 0 Å². The van der Waals surface area contributed by atoms with E-state index in [9.17, 15) is 18.7 Å². The van der Waals surface area contributed by atoms with Crippen molar-refractivity contribution in [2.75, 3.05) is 20.2 Å². The van der Waals surface area contributed by atoms with Crippen LogP contribution in [-0.4, -0.2) is 63.1 Å². The van der Waals surface area contributed by atoms with Gasteiger partial charge < -0.3 is 14.7 Å². The average Bonchev–Trinajstić information content (AvgIpc) is 3.02. The molecule has 1 aromatic carbocycles. The van der Waals surface area contributed by atoms with Crippen LogP contribution in [0.25, 0.3) is 5.69 Å². The zero-order valence-corrected chi connectivity index (χ0v) is 12.9. The van der Waals surface area contributed by atoms with E-state index in [0.717, 1.165) is 4.90 Å². The van der Waals surface area contributed by atoms with E-state index in [1.54, 1.807) is 31.4 Å². The number of likely N-dealkylation sites (tertiary alicyclic amines) is 1. The van der Waals surface area contributed by atoms with Gasteiger partial charge in [-0.3, -0.25) is 4.79 Å². The highest BCUT2D eigenvalue weighted by Gasteiger charge is 2.42. The fourth-order valence-electron chi connectivity index (χ4n) is 2.61. The lowest BCUT2D eigenvalue weighted by molar-refractivity contribution is -0.0973. The number of aliphatic hydroxyl groups is 1. The normalized spacial score (nSPS) is 20.0. The Balaban J connectivity index is 1.78. The summed E-state index contributed by atoms with van der Waals surface area (Å²) < 4.78 is 33.5. The summed E-state index contributed by atoms with van der Waals surface area (Å²) in [4.78, 5) is 13.2. The molecule has 0 radical (unpaired) electrons. The van der Waals surface area contributed by atoms with Crippen molar-refractivity contribution >= 4 is 5.91 Å². The highest BCUT2D eigenvalue weighted by atomic mass is 19.3. The van der Waals surface area contributed by atoms with Crippen LogP contribution < -0.4 is 4.74 Å². The van der Waals surface area contributed by atoms with Crippen LogP contribution in [0, 0.1) is 0 Å². The number of aliphatic hydroxyl groups excluding tert-OH is 1. The van der Waals surface area contributed by atoms with Gasteiger partial charge in [0.1, 0.15) is 5.75 Å². The number of carbonyl (C=O) groups excluding carboxylic acids is 1. The maximum atomic E-state index is 13.5. The van der Waals surface area contributed by atoms with E-state index in [-0.39, 0.29) is 12.2 Å². The first kappa shape index (κ1) is 16.3. The maximum absolute atomic E-state index is 13.5. The predicted octanol–water partition coefficient (Wildman–Crippen LogP) is 1.12. The molecule has 0 spiro atoms. The number of rotatable bonds is 3. The Morgan fingerprint density at radius 2 is 2.08 bits per heavy atom. The molecule has 1 aliphatic rings. The van der Waals surface area contributed by atoms with Gasteiger partial charge >= 0.3 is 0 Å². The first-order valence-electron chi connectivity index (χ1n) is 7.30. The molecule has 2 aromatic rings. The summed E-state index contributed by atoms with van der Waals surface area (Å²) in [6.45, 7) is -0.887. The molecular weight excluding hydrogens is 322 g/mol. The van der Waals surface area contributed by atoms with Crippen LogP contribution in [0.5, 0.6) is 5.75 Å². The fraction of sp³-hybridized carbons (Fsp3) is 0.400. The van der Waals surface area contributed by atoms with Crippen molar-refractivity contribution in [1.82, 2.24) is 19.9 Å². The maximum Gasteiger partial charge on any atom is 0.276 e. The van der Waals surface area contributed by atoms with E-state index in [4.69, 9.17) is 4.74 Å². The van der Waals surface area contributed by atoms with Gasteiger partial charge in [-0.2, -0.15) is 0 Å². The minimum absolute atomic E-state index is 0.0595. The minimum atomic E-state index is -3.11. The van der Waals surface area contributed by atoms with E-state index in [2.05, 4.69) is 10.3 Å². The Morgan fingerprint density at radius 1 is 1.38 bits per heavy atom. The molecule has 7 nitrogen and oxygen atoms in total. The van der Waals surface area contributed by atoms with Crippen LogP contribution in [0.2, 0.25) is 0 Å². The third kappa shape index (κ3) is 3.35. The average molecular weight is 338 g/mol. The van der Waals surface area contributed by atoms with Crippen molar-refractivity contribution in [3.05, 3.63) is 36.2 Å². The number of amides is 1. The van der Waals surface area contributed by atoms with Crippen LogP contribution in [0.3, 0.4) is 0 Å². The van der Waals surface area contributed by atoms with Crippen LogP contribution >= 0.6 is 0 Å². The second-order valence-corrected chi connectivity index (χ2v) is 5.65. The summed E-state index contributed by atoms with van der Waals surface area (Å²) in [6, 6.07) is 6.89. The third-order valence-electron chi connectivity index (χ3n) is 3.72. The lowest BCUT2D eigenvalue weighted by Gasteiger charge is -2.34. The van der Waals surface area contributed by atoms with E-state index in [1.165, 1.54) is 10.9 Å². The number of carbonyl (C=O) groups is 1. The summed E-state index contributed by atoms with van der Waals surface area (Å²) >= 11 is 0. The molecule has 1 atom stereocenters. The number of piperidine rings is 1. The van der Waals surface area contributed by atoms with Crippen molar-refractivity contribution in [2.45, 2.75) is 18.4 Å². The Labute approximate surface area is 136 Å². The Kier molecular flexibility index (Phi) is 4.18. The minimum Gasteiger partial charge on any atom is -0.497 e. The summed E-state index contributed by atoms with van der Waals surface area (Å²) in [7, 11) is 1.55. The Hall–Kier alpha value is -2.55. The molecule has 24 heavy (non-hydrogen) atoms. The predicted molar refractivity (Wildman–Crippen MR) is 79.4 cm³/mol. The van der Waals surface area contributed by atoms with Crippen molar-refractivity contribution in [3.8, 4) is 11.4 Å². The van der Waals surface area contributed by atoms with Gasteiger partial charge in [0.2, 0.25) is 0 Å². The van der Waals surface area contributed by atoms with Gasteiger partial charge in [-0.15, -0.1) is 5.10 Å². The van der Waals surface area contributed by atoms with Gasteiger partial charge in [-0.25, -0.2) is 13.5 Å². The first-order valence-corrected chi connectivity index (χ1v) is 7.30. The molecule has 1 aliphatic heterocycles. The second-order valence-electron chi connectivity index (χ2n) is 5.65. The molecule has 0 aliphatic carbocycles. The molecule has 9 heteroatoms. The molecular formula is C15H16F2N4O3.